The van der Waals surface area contributed by atoms with Gasteiger partial charge in [-0.25, -0.2) is 17.8 Å². The lowest BCUT2D eigenvalue weighted by Gasteiger charge is -2.33. The molecular weight excluding hydrogens is 418 g/mol. The number of piperidine rings is 1. The van der Waals surface area contributed by atoms with Crippen LogP contribution in [-0.2, 0) is 26.2 Å². The zero-order valence-electron chi connectivity index (χ0n) is 18.3. The lowest BCUT2D eigenvalue weighted by Crippen LogP contribution is -2.48. The fourth-order valence-electron chi connectivity index (χ4n) is 3.97. The molecule has 1 aromatic heterocycles. The lowest BCUT2D eigenvalue weighted by atomic mass is 10.1. The number of hydroxylamine groups is 2. The molecule has 0 aliphatic carbocycles. The first-order valence-corrected chi connectivity index (χ1v) is 12.2. The van der Waals surface area contributed by atoms with Crippen molar-refractivity contribution in [3.05, 3.63) is 41.6 Å². The van der Waals surface area contributed by atoms with Gasteiger partial charge in [-0.05, 0) is 43.4 Å². The van der Waals surface area contributed by atoms with Crippen molar-refractivity contribution in [1.29, 1.82) is 0 Å². The standard InChI is InChI=1S/C22H31N3O5S/c1-16(2)22(25(27)15-26)14-31(28,29)24-10-8-19(9-11-24)30-13-18-12-17(3)23-21-7-5-4-6-20(18)21/h4-7,12,15-16,19,22,27H,8-11,13-14H2,1-3H3. The Morgan fingerprint density at radius 2 is 1.97 bits per heavy atom. The Labute approximate surface area is 183 Å². The van der Waals surface area contributed by atoms with Crippen LogP contribution in [0.1, 0.15) is 37.9 Å². The van der Waals surface area contributed by atoms with E-state index in [0.717, 1.165) is 22.2 Å². The van der Waals surface area contributed by atoms with E-state index in [-0.39, 0.29) is 24.2 Å². The highest BCUT2D eigenvalue weighted by atomic mass is 32.2. The zero-order valence-corrected chi connectivity index (χ0v) is 19.1. The Hall–Kier alpha value is -2.07. The maximum Gasteiger partial charge on any atom is 0.233 e. The topological polar surface area (TPSA) is 100 Å². The molecule has 8 nitrogen and oxygen atoms in total. The summed E-state index contributed by atoms with van der Waals surface area (Å²) in [6, 6.07) is 9.21. The van der Waals surface area contributed by atoms with Crippen molar-refractivity contribution in [3.8, 4) is 0 Å². The van der Waals surface area contributed by atoms with E-state index in [1.807, 2.05) is 37.3 Å². The maximum absolute atomic E-state index is 12.8. The summed E-state index contributed by atoms with van der Waals surface area (Å²) in [6.45, 7) is 6.69. The van der Waals surface area contributed by atoms with E-state index in [2.05, 4.69) is 4.98 Å². The number of fused-ring (bicyclic) bond motifs is 1. The van der Waals surface area contributed by atoms with Crippen LogP contribution in [-0.4, -0.2) is 65.4 Å². The summed E-state index contributed by atoms with van der Waals surface area (Å²) < 4.78 is 33.2. The minimum atomic E-state index is -3.60. The molecule has 1 aliphatic heterocycles. The van der Waals surface area contributed by atoms with Gasteiger partial charge in [-0.3, -0.25) is 15.0 Å². The Bertz CT molecular complexity index is 1000. The highest BCUT2D eigenvalue weighted by Gasteiger charge is 2.33. The van der Waals surface area contributed by atoms with Gasteiger partial charge in [0, 0.05) is 24.2 Å². The Kier molecular flexibility index (Phi) is 7.64. The predicted molar refractivity (Wildman–Crippen MR) is 118 cm³/mol. The van der Waals surface area contributed by atoms with Gasteiger partial charge in [0.2, 0.25) is 16.4 Å². The number of hydrogen-bond donors (Lipinski definition) is 1. The average Bonchev–Trinajstić information content (AvgIpc) is 2.75. The number of amides is 1. The molecule has 1 aromatic carbocycles. The van der Waals surface area contributed by atoms with Gasteiger partial charge in [-0.2, -0.15) is 0 Å². The van der Waals surface area contributed by atoms with Crippen LogP contribution in [0.2, 0.25) is 0 Å². The zero-order chi connectivity index (χ0) is 22.6. The Balaban J connectivity index is 1.58. The molecule has 1 saturated heterocycles. The summed E-state index contributed by atoms with van der Waals surface area (Å²) in [5.74, 6) is -0.488. The van der Waals surface area contributed by atoms with Crippen molar-refractivity contribution in [2.24, 2.45) is 5.92 Å². The van der Waals surface area contributed by atoms with Gasteiger partial charge in [-0.1, -0.05) is 32.0 Å². The second-order valence-corrected chi connectivity index (χ2v) is 10.4. The third-order valence-corrected chi connectivity index (χ3v) is 7.71. The molecule has 1 atom stereocenters. The minimum absolute atomic E-state index is 0.0242. The first-order valence-electron chi connectivity index (χ1n) is 10.6. The van der Waals surface area contributed by atoms with Crippen LogP contribution in [0, 0.1) is 12.8 Å². The predicted octanol–water partition coefficient (Wildman–Crippen LogP) is 2.73. The molecule has 0 radical (unpaired) electrons. The van der Waals surface area contributed by atoms with E-state index >= 15 is 0 Å². The van der Waals surface area contributed by atoms with Crippen molar-refractivity contribution < 1.29 is 23.2 Å². The van der Waals surface area contributed by atoms with E-state index in [0.29, 0.717) is 37.6 Å². The van der Waals surface area contributed by atoms with Crippen molar-refractivity contribution in [3.63, 3.8) is 0 Å². The molecule has 9 heteroatoms. The van der Waals surface area contributed by atoms with Crippen LogP contribution in [0.5, 0.6) is 0 Å². The van der Waals surface area contributed by atoms with E-state index in [1.54, 1.807) is 13.8 Å². The van der Waals surface area contributed by atoms with Gasteiger partial charge < -0.3 is 4.74 Å². The molecule has 1 fully saturated rings. The summed E-state index contributed by atoms with van der Waals surface area (Å²) >= 11 is 0. The number of rotatable bonds is 9. The number of aryl methyl sites for hydroxylation is 1. The molecule has 2 aromatic rings. The monoisotopic (exact) mass is 449 g/mol. The van der Waals surface area contributed by atoms with Gasteiger partial charge in [-0.15, -0.1) is 0 Å². The van der Waals surface area contributed by atoms with Crippen molar-refractivity contribution >= 4 is 27.3 Å². The summed E-state index contributed by atoms with van der Waals surface area (Å²) in [6.07, 6.45) is 1.43. The molecular formula is C22H31N3O5S. The molecule has 31 heavy (non-hydrogen) atoms. The molecule has 2 heterocycles. The van der Waals surface area contributed by atoms with Crippen LogP contribution in [0.3, 0.4) is 0 Å². The fraction of sp³-hybridized carbons (Fsp3) is 0.545. The number of para-hydroxylation sites is 1. The van der Waals surface area contributed by atoms with Gasteiger partial charge >= 0.3 is 0 Å². The number of hydrogen-bond acceptors (Lipinski definition) is 6. The second kappa shape index (κ2) is 10.0. The van der Waals surface area contributed by atoms with Crippen molar-refractivity contribution in [2.45, 2.75) is 52.4 Å². The van der Waals surface area contributed by atoms with E-state index in [4.69, 9.17) is 4.74 Å². The highest BCUT2D eigenvalue weighted by Crippen LogP contribution is 2.23. The summed E-state index contributed by atoms with van der Waals surface area (Å²) in [5, 5.41) is 11.2. The third-order valence-electron chi connectivity index (χ3n) is 5.80. The molecule has 0 bridgehead atoms. The van der Waals surface area contributed by atoms with Crippen molar-refractivity contribution in [1.82, 2.24) is 14.4 Å². The Morgan fingerprint density at radius 1 is 1.29 bits per heavy atom. The second-order valence-electron chi connectivity index (χ2n) is 8.42. The molecule has 1 aliphatic rings. The first kappa shape index (κ1) is 23.6. The molecule has 0 spiro atoms. The normalized spacial score (nSPS) is 17.2. The van der Waals surface area contributed by atoms with Gasteiger partial charge in [0.05, 0.1) is 30.0 Å². The molecule has 0 saturated carbocycles. The van der Waals surface area contributed by atoms with Gasteiger partial charge in [0.25, 0.3) is 0 Å². The van der Waals surface area contributed by atoms with E-state index in [9.17, 15) is 18.4 Å². The number of pyridine rings is 1. The van der Waals surface area contributed by atoms with Crippen molar-refractivity contribution in [2.75, 3.05) is 18.8 Å². The van der Waals surface area contributed by atoms with E-state index in [1.165, 1.54) is 4.31 Å². The van der Waals surface area contributed by atoms with Crippen LogP contribution >= 0.6 is 0 Å². The number of ether oxygens (including phenoxy) is 1. The van der Waals surface area contributed by atoms with Crippen LogP contribution in [0.4, 0.5) is 0 Å². The number of carbonyl (C=O) groups excluding carboxylic acids is 1. The third kappa shape index (κ3) is 5.79. The van der Waals surface area contributed by atoms with E-state index < -0.39 is 16.1 Å². The smallest absolute Gasteiger partial charge is 0.233 e. The molecule has 170 valence electrons. The lowest BCUT2D eigenvalue weighted by molar-refractivity contribution is -0.161. The Morgan fingerprint density at radius 3 is 2.61 bits per heavy atom. The molecule has 1 unspecified atom stereocenters. The van der Waals surface area contributed by atoms with Gasteiger partial charge in [0.15, 0.2) is 0 Å². The van der Waals surface area contributed by atoms with Crippen LogP contribution in [0.25, 0.3) is 10.9 Å². The number of sulfonamides is 1. The minimum Gasteiger partial charge on any atom is -0.373 e. The largest absolute Gasteiger partial charge is 0.373 e. The molecule has 1 N–H and O–H groups in total. The molecule has 1 amide bonds. The number of nitrogens with zero attached hydrogens (tertiary/aromatic N) is 3. The van der Waals surface area contributed by atoms with Crippen LogP contribution < -0.4 is 0 Å². The highest BCUT2D eigenvalue weighted by molar-refractivity contribution is 7.89. The van der Waals surface area contributed by atoms with Gasteiger partial charge in [0.1, 0.15) is 0 Å². The fourth-order valence-corrected chi connectivity index (χ4v) is 5.92. The summed E-state index contributed by atoms with van der Waals surface area (Å²) in [7, 11) is -3.60. The number of benzene rings is 1. The maximum atomic E-state index is 12.8. The summed E-state index contributed by atoms with van der Waals surface area (Å²) in [4.78, 5) is 15.4. The summed E-state index contributed by atoms with van der Waals surface area (Å²) in [5.41, 5.74) is 2.95. The first-order chi connectivity index (χ1) is 14.7. The van der Waals surface area contributed by atoms with Crippen LogP contribution in [0.15, 0.2) is 30.3 Å². The molecule has 3 rings (SSSR count). The average molecular weight is 450 g/mol. The number of carbonyl (C=O) groups is 1. The number of aromatic nitrogens is 1. The SMILES string of the molecule is Cc1cc(COC2CCN(S(=O)(=O)CC(C(C)C)N(O)C=O)CC2)c2ccccc2n1. The quantitative estimate of drug-likeness (QED) is 0.359.